The van der Waals surface area contributed by atoms with E-state index in [9.17, 15) is 9.59 Å². The summed E-state index contributed by atoms with van der Waals surface area (Å²) in [4.78, 5) is 36.1. The molecule has 6 rings (SSSR count). The van der Waals surface area contributed by atoms with Crippen LogP contribution in [0, 0.1) is 0 Å². The summed E-state index contributed by atoms with van der Waals surface area (Å²) in [5.74, 6) is -0.198. The predicted molar refractivity (Wildman–Crippen MR) is 155 cm³/mol. The van der Waals surface area contributed by atoms with Crippen molar-refractivity contribution in [1.29, 1.82) is 0 Å². The quantitative estimate of drug-likeness (QED) is 0.261. The van der Waals surface area contributed by atoms with E-state index < -0.39 is 6.04 Å². The van der Waals surface area contributed by atoms with Crippen LogP contribution in [0.5, 0.6) is 0 Å². The molecule has 0 bridgehead atoms. The molecule has 6 nitrogen and oxygen atoms in total. The van der Waals surface area contributed by atoms with Crippen molar-refractivity contribution in [2.75, 3.05) is 0 Å². The molecule has 2 aromatic heterocycles. The first kappa shape index (κ1) is 24.4. The Morgan fingerprint density at radius 3 is 2.26 bits per heavy atom. The largest absolute Gasteiger partial charge is 0.353 e. The molecule has 0 aliphatic carbocycles. The minimum Gasteiger partial charge on any atom is -0.353 e. The van der Waals surface area contributed by atoms with Crippen molar-refractivity contribution in [2.45, 2.75) is 25.4 Å². The van der Waals surface area contributed by atoms with Crippen molar-refractivity contribution in [3.05, 3.63) is 137 Å². The number of amides is 1. The second-order valence-corrected chi connectivity index (χ2v) is 9.64. The van der Waals surface area contributed by atoms with Crippen molar-refractivity contribution < 1.29 is 4.79 Å². The minimum atomic E-state index is -0.725. The van der Waals surface area contributed by atoms with Gasteiger partial charge in [0.2, 0.25) is 5.91 Å². The molecule has 1 unspecified atom stereocenters. The Kier molecular flexibility index (Phi) is 6.75. The first-order valence-electron chi connectivity index (χ1n) is 13.1. The fourth-order valence-electron chi connectivity index (χ4n) is 5.07. The van der Waals surface area contributed by atoms with Gasteiger partial charge in [-0.3, -0.25) is 14.2 Å². The van der Waals surface area contributed by atoms with Gasteiger partial charge in [-0.15, -0.1) is 0 Å². The van der Waals surface area contributed by atoms with E-state index in [1.807, 2.05) is 115 Å². The molecule has 0 saturated heterocycles. The summed E-state index contributed by atoms with van der Waals surface area (Å²) < 4.78 is 1.63. The van der Waals surface area contributed by atoms with Gasteiger partial charge in [0.25, 0.3) is 5.56 Å². The topological polar surface area (TPSA) is 79.8 Å². The van der Waals surface area contributed by atoms with Gasteiger partial charge in [0.1, 0.15) is 6.04 Å². The van der Waals surface area contributed by atoms with Crippen molar-refractivity contribution in [2.24, 2.45) is 0 Å². The number of rotatable bonds is 8. The van der Waals surface area contributed by atoms with Gasteiger partial charge in [-0.05, 0) is 48.2 Å². The highest BCUT2D eigenvalue weighted by molar-refractivity contribution is 5.87. The standard InChI is InChI=1S/C33H28N4O2/c38-32(34-22-24-13-5-2-6-14-24)30(20-19-23-11-3-1-4-12-23)37-29-18-10-9-17-27(29)36-31(33(37)39)28-21-25-15-7-8-16-26(25)35-28/h1-18,21,30,35H,19-20,22H2,(H,34,38). The Morgan fingerprint density at radius 2 is 1.49 bits per heavy atom. The molecule has 0 spiro atoms. The smallest absolute Gasteiger partial charge is 0.279 e. The highest BCUT2D eigenvalue weighted by atomic mass is 16.2. The number of carbonyl (C=O) groups is 1. The fourth-order valence-corrected chi connectivity index (χ4v) is 5.07. The number of H-pyrrole nitrogens is 1. The van der Waals surface area contributed by atoms with E-state index in [-0.39, 0.29) is 11.5 Å². The zero-order valence-corrected chi connectivity index (χ0v) is 21.4. The van der Waals surface area contributed by atoms with Crippen LogP contribution in [0.4, 0.5) is 0 Å². The average Bonchev–Trinajstić information content (AvgIpc) is 3.42. The maximum absolute atomic E-state index is 14.2. The third-order valence-electron chi connectivity index (χ3n) is 7.05. The molecule has 2 N–H and O–H groups in total. The third kappa shape index (κ3) is 5.09. The number of aryl methyl sites for hydroxylation is 1. The molecule has 0 fully saturated rings. The van der Waals surface area contributed by atoms with Gasteiger partial charge in [-0.1, -0.05) is 91.0 Å². The van der Waals surface area contributed by atoms with Crippen molar-refractivity contribution in [1.82, 2.24) is 19.9 Å². The highest BCUT2D eigenvalue weighted by Gasteiger charge is 2.26. The molecule has 0 radical (unpaired) electrons. The number of nitrogens with zero attached hydrogens (tertiary/aromatic N) is 2. The molecular weight excluding hydrogens is 484 g/mol. The molecule has 0 saturated carbocycles. The molecule has 6 aromatic rings. The number of aromatic nitrogens is 3. The van der Waals surface area contributed by atoms with Crippen LogP contribution >= 0.6 is 0 Å². The molecule has 1 atom stereocenters. The maximum Gasteiger partial charge on any atom is 0.279 e. The summed E-state index contributed by atoms with van der Waals surface area (Å²) >= 11 is 0. The lowest BCUT2D eigenvalue weighted by atomic mass is 10.0. The van der Waals surface area contributed by atoms with Gasteiger partial charge < -0.3 is 10.3 Å². The van der Waals surface area contributed by atoms with Crippen LogP contribution in [0.2, 0.25) is 0 Å². The van der Waals surface area contributed by atoms with Gasteiger partial charge >= 0.3 is 0 Å². The molecule has 0 aliphatic heterocycles. The van der Waals surface area contributed by atoms with E-state index >= 15 is 0 Å². The molecular formula is C33H28N4O2. The summed E-state index contributed by atoms with van der Waals surface area (Å²) in [6.07, 6.45) is 1.11. The van der Waals surface area contributed by atoms with Crippen LogP contribution in [0.15, 0.2) is 120 Å². The first-order chi connectivity index (χ1) is 19.2. The van der Waals surface area contributed by atoms with Crippen LogP contribution in [0.1, 0.15) is 23.6 Å². The van der Waals surface area contributed by atoms with E-state index in [0.717, 1.165) is 22.0 Å². The van der Waals surface area contributed by atoms with Gasteiger partial charge in [-0.2, -0.15) is 0 Å². The van der Waals surface area contributed by atoms with E-state index in [1.165, 1.54) is 0 Å². The number of hydrogen-bond donors (Lipinski definition) is 2. The van der Waals surface area contributed by atoms with Crippen molar-refractivity contribution >= 4 is 27.8 Å². The molecule has 6 heteroatoms. The Hall–Kier alpha value is -4.97. The van der Waals surface area contributed by atoms with Crippen LogP contribution in [0.3, 0.4) is 0 Å². The number of hydrogen-bond acceptors (Lipinski definition) is 3. The zero-order chi connectivity index (χ0) is 26.6. The van der Waals surface area contributed by atoms with Crippen molar-refractivity contribution in [3.63, 3.8) is 0 Å². The van der Waals surface area contributed by atoms with Gasteiger partial charge in [0.05, 0.1) is 16.7 Å². The van der Waals surface area contributed by atoms with Crippen LogP contribution in [0.25, 0.3) is 33.3 Å². The normalized spacial score (nSPS) is 12.0. The minimum absolute atomic E-state index is 0.198. The lowest BCUT2D eigenvalue weighted by Crippen LogP contribution is -2.38. The van der Waals surface area contributed by atoms with E-state index in [1.54, 1.807) is 4.57 Å². The lowest BCUT2D eigenvalue weighted by molar-refractivity contribution is -0.124. The maximum atomic E-state index is 14.2. The second kappa shape index (κ2) is 10.8. The molecule has 1 amide bonds. The number of carbonyl (C=O) groups excluding carboxylic acids is 1. The molecule has 192 valence electrons. The van der Waals surface area contributed by atoms with E-state index in [2.05, 4.69) is 10.3 Å². The molecule has 39 heavy (non-hydrogen) atoms. The van der Waals surface area contributed by atoms with E-state index in [0.29, 0.717) is 41.8 Å². The Bertz CT molecular complexity index is 1770. The summed E-state index contributed by atoms with van der Waals surface area (Å²) in [6.45, 7) is 0.383. The van der Waals surface area contributed by atoms with Gasteiger partial charge in [0, 0.05) is 17.4 Å². The second-order valence-electron chi connectivity index (χ2n) is 9.64. The summed E-state index contributed by atoms with van der Waals surface area (Å²) in [5.41, 5.74) is 4.96. The summed E-state index contributed by atoms with van der Waals surface area (Å²) in [6, 6.07) is 36.4. The first-order valence-corrected chi connectivity index (χ1v) is 13.1. The molecule has 2 heterocycles. The van der Waals surface area contributed by atoms with Crippen LogP contribution < -0.4 is 10.9 Å². The van der Waals surface area contributed by atoms with E-state index in [4.69, 9.17) is 4.98 Å². The number of benzene rings is 4. The Morgan fingerprint density at radius 1 is 0.821 bits per heavy atom. The number of fused-ring (bicyclic) bond motifs is 2. The van der Waals surface area contributed by atoms with Gasteiger partial charge in [-0.25, -0.2) is 4.98 Å². The third-order valence-corrected chi connectivity index (χ3v) is 7.05. The number of para-hydroxylation sites is 3. The van der Waals surface area contributed by atoms with Crippen molar-refractivity contribution in [3.8, 4) is 11.4 Å². The Balaban J connectivity index is 1.46. The van der Waals surface area contributed by atoms with Crippen LogP contribution in [-0.4, -0.2) is 20.4 Å². The zero-order valence-electron chi connectivity index (χ0n) is 21.4. The summed E-state index contributed by atoms with van der Waals surface area (Å²) in [5, 5.41) is 4.07. The van der Waals surface area contributed by atoms with Crippen LogP contribution in [-0.2, 0) is 17.8 Å². The number of aromatic amines is 1. The number of nitrogens with one attached hydrogen (secondary N) is 2. The fraction of sp³-hybridized carbons (Fsp3) is 0.121. The lowest BCUT2D eigenvalue weighted by Gasteiger charge is -2.22. The Labute approximate surface area is 226 Å². The summed E-state index contributed by atoms with van der Waals surface area (Å²) in [7, 11) is 0. The monoisotopic (exact) mass is 512 g/mol. The average molecular weight is 513 g/mol. The SMILES string of the molecule is O=C(NCc1ccccc1)C(CCc1ccccc1)n1c(=O)c(-c2cc3ccccc3[nH]2)nc2ccccc21. The predicted octanol–water partition coefficient (Wildman–Crippen LogP) is 6.04. The van der Waals surface area contributed by atoms with Gasteiger partial charge in [0.15, 0.2) is 5.69 Å². The highest BCUT2D eigenvalue weighted by Crippen LogP contribution is 2.25. The molecule has 0 aliphatic rings. The molecule has 4 aromatic carbocycles.